The number of hydrogen-bond acceptors (Lipinski definition) is 4. The molecule has 1 N–H and O–H groups in total. The van der Waals surface area contributed by atoms with Crippen molar-refractivity contribution in [1.29, 1.82) is 0 Å². The average Bonchev–Trinajstić information content (AvgIpc) is 2.48. The number of pyridine rings is 1. The number of hydrogen-bond donors (Lipinski definition) is 1. The highest BCUT2D eigenvalue weighted by atomic mass is 16.5. The second-order valence-corrected chi connectivity index (χ2v) is 4.74. The van der Waals surface area contributed by atoms with Gasteiger partial charge in [-0.25, -0.2) is 0 Å². The predicted molar refractivity (Wildman–Crippen MR) is 71.4 cm³/mol. The molecule has 1 aromatic rings. The molecule has 0 bridgehead atoms. The van der Waals surface area contributed by atoms with E-state index in [4.69, 9.17) is 9.84 Å². The number of carbonyl (C=O) groups excluding carboxylic acids is 1. The quantitative estimate of drug-likeness (QED) is 0.874. The smallest absolute Gasteiger partial charge is 0.305 e. The Morgan fingerprint density at radius 1 is 1.30 bits per heavy atom. The molecule has 6 heteroatoms. The molecule has 0 spiro atoms. The maximum absolute atomic E-state index is 12.2. The largest absolute Gasteiger partial charge is 0.481 e. The lowest BCUT2D eigenvalue weighted by atomic mass is 10.1. The van der Waals surface area contributed by atoms with E-state index in [1.165, 1.54) is 0 Å². The molecule has 1 amide bonds. The van der Waals surface area contributed by atoms with Crippen LogP contribution in [-0.2, 0) is 9.53 Å². The summed E-state index contributed by atoms with van der Waals surface area (Å²) in [5, 5.41) is 8.55. The van der Waals surface area contributed by atoms with E-state index in [9.17, 15) is 9.59 Å². The standard InChI is InChI=1S/C14H18N2O4/c17-13(18)5-10-20-12-3-8-16(9-4-12)14(19)11-1-6-15-7-2-11/h1-2,6-7,12H,3-5,8-10H2,(H,17,18). The summed E-state index contributed by atoms with van der Waals surface area (Å²) in [6.45, 7) is 1.51. The molecule has 1 aliphatic rings. The molecule has 0 atom stereocenters. The van der Waals surface area contributed by atoms with E-state index in [1.807, 2.05) is 0 Å². The van der Waals surface area contributed by atoms with Gasteiger partial charge in [0, 0.05) is 31.0 Å². The molecule has 6 nitrogen and oxygen atoms in total. The summed E-state index contributed by atoms with van der Waals surface area (Å²) in [6.07, 6.45) is 4.78. The van der Waals surface area contributed by atoms with Gasteiger partial charge in [-0.3, -0.25) is 14.6 Å². The topological polar surface area (TPSA) is 79.7 Å². The molecule has 1 fully saturated rings. The van der Waals surface area contributed by atoms with E-state index in [-0.39, 0.29) is 25.0 Å². The highest BCUT2D eigenvalue weighted by Crippen LogP contribution is 2.16. The highest BCUT2D eigenvalue weighted by Gasteiger charge is 2.23. The van der Waals surface area contributed by atoms with Crippen LogP contribution >= 0.6 is 0 Å². The second kappa shape index (κ2) is 7.00. The van der Waals surface area contributed by atoms with E-state index < -0.39 is 5.97 Å². The predicted octanol–water partition coefficient (Wildman–Crippen LogP) is 1.18. The van der Waals surface area contributed by atoms with Gasteiger partial charge in [0.25, 0.3) is 5.91 Å². The third-order valence-corrected chi connectivity index (χ3v) is 3.33. The highest BCUT2D eigenvalue weighted by molar-refractivity contribution is 5.94. The number of aliphatic carboxylic acids is 1. The molecule has 20 heavy (non-hydrogen) atoms. The van der Waals surface area contributed by atoms with Crippen LogP contribution in [0.15, 0.2) is 24.5 Å². The normalized spacial score (nSPS) is 16.1. The molecular weight excluding hydrogens is 260 g/mol. The van der Waals surface area contributed by atoms with Crippen molar-refractivity contribution in [2.24, 2.45) is 0 Å². The minimum atomic E-state index is -0.852. The van der Waals surface area contributed by atoms with Crippen LogP contribution in [0.5, 0.6) is 0 Å². The molecule has 0 saturated carbocycles. The zero-order valence-corrected chi connectivity index (χ0v) is 11.2. The van der Waals surface area contributed by atoms with Crippen LogP contribution < -0.4 is 0 Å². The van der Waals surface area contributed by atoms with Gasteiger partial charge in [-0.15, -0.1) is 0 Å². The molecular formula is C14H18N2O4. The van der Waals surface area contributed by atoms with Gasteiger partial charge in [0.2, 0.25) is 0 Å². The number of aromatic nitrogens is 1. The van der Waals surface area contributed by atoms with Crippen LogP contribution in [0.2, 0.25) is 0 Å². The van der Waals surface area contributed by atoms with E-state index >= 15 is 0 Å². The number of carboxylic acid groups (broad SMARTS) is 1. The van der Waals surface area contributed by atoms with Gasteiger partial charge in [0.1, 0.15) is 0 Å². The summed E-state index contributed by atoms with van der Waals surface area (Å²) >= 11 is 0. The van der Waals surface area contributed by atoms with Gasteiger partial charge in [0.05, 0.1) is 19.1 Å². The first-order valence-electron chi connectivity index (χ1n) is 6.69. The van der Waals surface area contributed by atoms with Crippen molar-refractivity contribution in [1.82, 2.24) is 9.88 Å². The Balaban J connectivity index is 1.77. The maximum atomic E-state index is 12.2. The number of carbonyl (C=O) groups is 2. The molecule has 108 valence electrons. The van der Waals surface area contributed by atoms with E-state index in [2.05, 4.69) is 4.98 Å². The molecule has 1 aliphatic heterocycles. The van der Waals surface area contributed by atoms with Gasteiger partial charge in [-0.1, -0.05) is 0 Å². The molecule has 1 aromatic heterocycles. The van der Waals surface area contributed by atoms with Gasteiger partial charge in [-0.05, 0) is 25.0 Å². The number of ether oxygens (including phenoxy) is 1. The van der Waals surface area contributed by atoms with Crippen LogP contribution in [0.25, 0.3) is 0 Å². The van der Waals surface area contributed by atoms with Crippen LogP contribution in [0, 0.1) is 0 Å². The van der Waals surface area contributed by atoms with E-state index in [0.29, 0.717) is 18.7 Å². The molecule has 0 unspecified atom stereocenters. The van der Waals surface area contributed by atoms with Crippen LogP contribution in [0.3, 0.4) is 0 Å². The lowest BCUT2D eigenvalue weighted by Crippen LogP contribution is -2.41. The Hall–Kier alpha value is -1.95. The maximum Gasteiger partial charge on any atom is 0.305 e. The van der Waals surface area contributed by atoms with Crippen molar-refractivity contribution in [3.05, 3.63) is 30.1 Å². The van der Waals surface area contributed by atoms with E-state index in [0.717, 1.165) is 12.8 Å². The molecule has 1 saturated heterocycles. The number of carboxylic acids is 1. The Kier molecular flexibility index (Phi) is 5.06. The summed E-state index contributed by atoms with van der Waals surface area (Å²) in [4.78, 5) is 28.3. The van der Waals surface area contributed by atoms with Crippen LogP contribution in [0.1, 0.15) is 29.6 Å². The number of amides is 1. The number of piperidine rings is 1. The number of rotatable bonds is 5. The summed E-state index contributed by atoms with van der Waals surface area (Å²) in [5.41, 5.74) is 0.644. The molecule has 0 aliphatic carbocycles. The number of likely N-dealkylation sites (tertiary alicyclic amines) is 1. The first-order chi connectivity index (χ1) is 9.66. The van der Waals surface area contributed by atoms with Crippen molar-refractivity contribution >= 4 is 11.9 Å². The fraction of sp³-hybridized carbons (Fsp3) is 0.500. The average molecular weight is 278 g/mol. The van der Waals surface area contributed by atoms with Crippen LogP contribution in [-0.4, -0.2) is 52.7 Å². The first kappa shape index (κ1) is 14.5. The zero-order chi connectivity index (χ0) is 14.4. The fourth-order valence-electron chi connectivity index (χ4n) is 2.22. The third kappa shape index (κ3) is 4.03. The minimum absolute atomic E-state index is 0.0105. The number of nitrogens with zero attached hydrogens (tertiary/aromatic N) is 2. The fourth-order valence-corrected chi connectivity index (χ4v) is 2.22. The van der Waals surface area contributed by atoms with Crippen LogP contribution in [0.4, 0.5) is 0 Å². The Morgan fingerprint density at radius 3 is 2.55 bits per heavy atom. The monoisotopic (exact) mass is 278 g/mol. The zero-order valence-electron chi connectivity index (χ0n) is 11.2. The molecule has 2 rings (SSSR count). The van der Waals surface area contributed by atoms with Gasteiger partial charge >= 0.3 is 5.97 Å². The van der Waals surface area contributed by atoms with Crippen molar-refractivity contribution in [2.75, 3.05) is 19.7 Å². The molecule has 0 aromatic carbocycles. The molecule has 2 heterocycles. The summed E-state index contributed by atoms with van der Waals surface area (Å²) in [6, 6.07) is 3.41. The minimum Gasteiger partial charge on any atom is -0.481 e. The Bertz CT molecular complexity index is 456. The Labute approximate surface area is 117 Å². The van der Waals surface area contributed by atoms with Gasteiger partial charge in [0.15, 0.2) is 0 Å². The third-order valence-electron chi connectivity index (χ3n) is 3.33. The van der Waals surface area contributed by atoms with Crippen molar-refractivity contribution in [3.8, 4) is 0 Å². The lowest BCUT2D eigenvalue weighted by molar-refractivity contribution is -0.138. The second-order valence-electron chi connectivity index (χ2n) is 4.74. The van der Waals surface area contributed by atoms with Gasteiger partial charge in [-0.2, -0.15) is 0 Å². The van der Waals surface area contributed by atoms with Crippen molar-refractivity contribution in [3.63, 3.8) is 0 Å². The summed E-state index contributed by atoms with van der Waals surface area (Å²) in [5.74, 6) is -0.841. The summed E-state index contributed by atoms with van der Waals surface area (Å²) in [7, 11) is 0. The van der Waals surface area contributed by atoms with Gasteiger partial charge < -0.3 is 14.7 Å². The first-order valence-corrected chi connectivity index (χ1v) is 6.69. The molecule has 0 radical (unpaired) electrons. The van der Waals surface area contributed by atoms with Crippen molar-refractivity contribution < 1.29 is 19.4 Å². The summed E-state index contributed by atoms with van der Waals surface area (Å²) < 4.78 is 5.50. The van der Waals surface area contributed by atoms with Crippen molar-refractivity contribution in [2.45, 2.75) is 25.4 Å². The van der Waals surface area contributed by atoms with E-state index in [1.54, 1.807) is 29.4 Å². The SMILES string of the molecule is O=C(O)CCOC1CCN(C(=O)c2ccncc2)CC1. The lowest BCUT2D eigenvalue weighted by Gasteiger charge is -2.31. The Morgan fingerprint density at radius 2 is 1.95 bits per heavy atom.